The lowest BCUT2D eigenvalue weighted by Gasteiger charge is -2.49. The Hall–Kier alpha value is -1.46. The van der Waals surface area contributed by atoms with Crippen LogP contribution in [0.4, 0.5) is 0 Å². The Morgan fingerprint density at radius 1 is 1.24 bits per heavy atom. The lowest BCUT2D eigenvalue weighted by atomic mass is 9.51. The van der Waals surface area contributed by atoms with E-state index in [0.717, 1.165) is 36.0 Å². The molecule has 6 aliphatic rings. The van der Waals surface area contributed by atoms with Crippen molar-refractivity contribution in [2.75, 3.05) is 6.61 Å². The lowest BCUT2D eigenvalue weighted by Crippen LogP contribution is -2.55. The summed E-state index contributed by atoms with van der Waals surface area (Å²) in [6.45, 7) is 6.76. The number of Topliss-reactive ketones (excluding diaryl/α,β-unsaturated/α-hetero) is 1. The van der Waals surface area contributed by atoms with Crippen LogP contribution < -0.4 is 0 Å². The van der Waals surface area contributed by atoms with Crippen LogP contribution in [-0.4, -0.2) is 41.8 Å². The standard InChI is InChI=1S/C20H22O5/c1-9(2)19-15(24-19)7-13-18(3)5-4-10-11(8-23-16(10)21)12(18)6-14-20(13,25-14)17(19)22/h7,9,12,14-15H,4-6,8H2,1-3H3/t12-,14-,15?,18+,19-,20+/m1/s1. The van der Waals surface area contributed by atoms with E-state index in [1.807, 2.05) is 0 Å². The first kappa shape index (κ1) is 14.7. The molecule has 6 atom stereocenters. The van der Waals surface area contributed by atoms with Crippen LogP contribution in [-0.2, 0) is 23.8 Å². The van der Waals surface area contributed by atoms with Gasteiger partial charge in [-0.2, -0.15) is 0 Å². The molecule has 0 aromatic carbocycles. The fourth-order valence-corrected chi connectivity index (χ4v) is 6.29. The summed E-state index contributed by atoms with van der Waals surface area (Å²) >= 11 is 0. The summed E-state index contributed by atoms with van der Waals surface area (Å²) in [6, 6.07) is 0. The number of ketones is 1. The van der Waals surface area contributed by atoms with Crippen molar-refractivity contribution in [2.45, 2.75) is 63.4 Å². The predicted octanol–water partition coefficient (Wildman–Crippen LogP) is 2.10. The maximum atomic E-state index is 13.4. The third-order valence-corrected chi connectivity index (χ3v) is 7.82. The summed E-state index contributed by atoms with van der Waals surface area (Å²) in [4.78, 5) is 25.4. The molecule has 3 aliphatic carbocycles. The Labute approximate surface area is 146 Å². The van der Waals surface area contributed by atoms with Crippen molar-refractivity contribution in [1.29, 1.82) is 0 Å². The van der Waals surface area contributed by atoms with Gasteiger partial charge in [0.05, 0.1) is 0 Å². The van der Waals surface area contributed by atoms with Crippen LogP contribution in [0.2, 0.25) is 0 Å². The van der Waals surface area contributed by atoms with E-state index in [1.165, 1.54) is 0 Å². The van der Waals surface area contributed by atoms with Gasteiger partial charge in [0.2, 0.25) is 5.78 Å². The van der Waals surface area contributed by atoms with E-state index in [0.29, 0.717) is 6.61 Å². The topological polar surface area (TPSA) is 68.4 Å². The normalized spacial score (nSPS) is 51.8. The first-order chi connectivity index (χ1) is 11.9. The van der Waals surface area contributed by atoms with E-state index < -0.39 is 11.2 Å². The SMILES string of the molecule is CC(C)[C@@]12OC1C=C1[C@@]3(O[C@@H]3C[C@@H]3C4=C(CC[C@]13C)C(=O)OC4)C2=O. The average molecular weight is 342 g/mol. The Balaban J connectivity index is 1.50. The summed E-state index contributed by atoms with van der Waals surface area (Å²) in [7, 11) is 0. The third kappa shape index (κ3) is 1.36. The predicted molar refractivity (Wildman–Crippen MR) is 86.6 cm³/mol. The van der Waals surface area contributed by atoms with Crippen molar-refractivity contribution in [3.05, 3.63) is 22.8 Å². The highest BCUT2D eigenvalue weighted by Gasteiger charge is 2.82. The zero-order chi connectivity index (χ0) is 17.4. The van der Waals surface area contributed by atoms with Gasteiger partial charge in [-0.05, 0) is 53.7 Å². The van der Waals surface area contributed by atoms with Crippen molar-refractivity contribution >= 4 is 11.8 Å². The molecule has 25 heavy (non-hydrogen) atoms. The smallest absolute Gasteiger partial charge is 0.334 e. The zero-order valence-electron chi connectivity index (χ0n) is 14.8. The fraction of sp³-hybridized carbons (Fsp3) is 0.700. The largest absolute Gasteiger partial charge is 0.458 e. The van der Waals surface area contributed by atoms with Crippen molar-refractivity contribution in [1.82, 2.24) is 0 Å². The molecular weight excluding hydrogens is 320 g/mol. The molecule has 1 saturated carbocycles. The second-order valence-electron chi connectivity index (χ2n) is 9.02. The molecule has 3 aliphatic heterocycles. The van der Waals surface area contributed by atoms with Gasteiger partial charge in [-0.25, -0.2) is 4.79 Å². The molecule has 0 aromatic rings. The molecule has 3 fully saturated rings. The molecular formula is C20H22O5. The minimum atomic E-state index is -0.760. The van der Waals surface area contributed by atoms with Gasteiger partial charge in [0.25, 0.3) is 0 Å². The Bertz CT molecular complexity index is 822. The molecule has 1 spiro atoms. The van der Waals surface area contributed by atoms with Gasteiger partial charge < -0.3 is 14.2 Å². The number of hydrogen-bond donors (Lipinski definition) is 0. The number of carbonyl (C=O) groups is 2. The molecule has 6 rings (SSSR count). The van der Waals surface area contributed by atoms with Gasteiger partial charge in [-0.15, -0.1) is 0 Å². The summed E-state index contributed by atoms with van der Waals surface area (Å²) in [6.07, 6.45) is 4.40. The summed E-state index contributed by atoms with van der Waals surface area (Å²) in [5.41, 5.74) is 1.56. The molecule has 5 heteroatoms. The highest BCUT2D eigenvalue weighted by Crippen LogP contribution is 2.70. The monoisotopic (exact) mass is 342 g/mol. The molecule has 132 valence electrons. The van der Waals surface area contributed by atoms with E-state index in [4.69, 9.17) is 14.2 Å². The first-order valence-electron chi connectivity index (χ1n) is 9.38. The minimum Gasteiger partial charge on any atom is -0.458 e. The number of rotatable bonds is 1. The van der Waals surface area contributed by atoms with Gasteiger partial charge in [0.15, 0.2) is 11.2 Å². The van der Waals surface area contributed by atoms with E-state index >= 15 is 0 Å². The second kappa shape index (κ2) is 3.94. The van der Waals surface area contributed by atoms with E-state index in [9.17, 15) is 9.59 Å². The van der Waals surface area contributed by atoms with Crippen molar-refractivity contribution in [3.8, 4) is 0 Å². The number of cyclic esters (lactones) is 1. The molecule has 0 amide bonds. The minimum absolute atomic E-state index is 0.0762. The Kier molecular flexibility index (Phi) is 2.31. The van der Waals surface area contributed by atoms with Crippen LogP contribution in [0.3, 0.4) is 0 Å². The van der Waals surface area contributed by atoms with Crippen LogP contribution >= 0.6 is 0 Å². The number of hydrogen-bond acceptors (Lipinski definition) is 5. The van der Waals surface area contributed by atoms with Crippen molar-refractivity contribution in [2.24, 2.45) is 17.3 Å². The fourth-order valence-electron chi connectivity index (χ4n) is 6.29. The first-order valence-corrected chi connectivity index (χ1v) is 9.38. The zero-order valence-corrected chi connectivity index (χ0v) is 14.8. The number of esters is 1. The number of fused-ring (bicyclic) bond motifs is 4. The second-order valence-corrected chi connectivity index (χ2v) is 9.02. The highest BCUT2D eigenvalue weighted by molar-refractivity contribution is 6.06. The maximum absolute atomic E-state index is 13.4. The van der Waals surface area contributed by atoms with E-state index in [2.05, 4.69) is 26.8 Å². The van der Waals surface area contributed by atoms with Gasteiger partial charge in [0, 0.05) is 5.57 Å². The molecule has 5 nitrogen and oxygen atoms in total. The van der Waals surface area contributed by atoms with Gasteiger partial charge in [-0.1, -0.05) is 20.8 Å². The van der Waals surface area contributed by atoms with Crippen LogP contribution in [0.1, 0.15) is 40.0 Å². The van der Waals surface area contributed by atoms with Crippen LogP contribution in [0.25, 0.3) is 0 Å². The molecule has 0 bridgehead atoms. The molecule has 0 N–H and O–H groups in total. The third-order valence-electron chi connectivity index (χ3n) is 7.82. The van der Waals surface area contributed by atoms with Gasteiger partial charge >= 0.3 is 5.97 Å². The highest BCUT2D eigenvalue weighted by atomic mass is 16.6. The molecule has 1 unspecified atom stereocenters. The number of carbonyl (C=O) groups excluding carboxylic acids is 2. The molecule has 2 saturated heterocycles. The van der Waals surface area contributed by atoms with Crippen molar-refractivity contribution in [3.63, 3.8) is 0 Å². The van der Waals surface area contributed by atoms with Crippen LogP contribution in [0, 0.1) is 17.3 Å². The molecule has 0 radical (unpaired) electrons. The average Bonchev–Trinajstić information content (AvgIpc) is 3.44. The van der Waals surface area contributed by atoms with Crippen molar-refractivity contribution < 1.29 is 23.8 Å². The van der Waals surface area contributed by atoms with E-state index in [1.54, 1.807) is 0 Å². The number of epoxide rings is 2. The quantitative estimate of drug-likeness (QED) is 0.415. The van der Waals surface area contributed by atoms with E-state index in [-0.39, 0.29) is 41.2 Å². The Morgan fingerprint density at radius 3 is 2.80 bits per heavy atom. The van der Waals surface area contributed by atoms with Gasteiger partial charge in [-0.3, -0.25) is 4.79 Å². The summed E-state index contributed by atoms with van der Waals surface area (Å²) in [5.74, 6) is 0.367. The summed E-state index contributed by atoms with van der Waals surface area (Å²) < 4.78 is 17.4. The van der Waals surface area contributed by atoms with Gasteiger partial charge in [0.1, 0.15) is 18.8 Å². The number of ether oxygens (including phenoxy) is 3. The molecule has 3 heterocycles. The van der Waals surface area contributed by atoms with Crippen LogP contribution in [0.5, 0.6) is 0 Å². The molecule has 0 aromatic heterocycles. The summed E-state index contributed by atoms with van der Waals surface area (Å²) in [5, 5.41) is 0. The van der Waals surface area contributed by atoms with Crippen LogP contribution in [0.15, 0.2) is 22.8 Å². The Morgan fingerprint density at radius 2 is 2.04 bits per heavy atom. The maximum Gasteiger partial charge on any atom is 0.334 e. The lowest BCUT2D eigenvalue weighted by molar-refractivity contribution is -0.136.